The van der Waals surface area contributed by atoms with E-state index in [1.54, 1.807) is 6.07 Å². The van der Waals surface area contributed by atoms with Crippen molar-refractivity contribution in [2.24, 2.45) is 5.92 Å². The summed E-state index contributed by atoms with van der Waals surface area (Å²) in [6, 6.07) is 4.29. The van der Waals surface area contributed by atoms with Crippen molar-refractivity contribution in [2.45, 2.75) is 25.9 Å². The molecule has 0 aliphatic carbocycles. The van der Waals surface area contributed by atoms with Crippen molar-refractivity contribution in [1.29, 1.82) is 0 Å². The summed E-state index contributed by atoms with van der Waals surface area (Å²) in [5.74, 6) is -1.15. The largest absolute Gasteiger partial charge is 0.481 e. The van der Waals surface area contributed by atoms with E-state index in [4.69, 9.17) is 16.7 Å². The molecule has 1 saturated heterocycles. The van der Waals surface area contributed by atoms with E-state index in [2.05, 4.69) is 0 Å². The number of nitrogens with zero attached hydrogens (tertiary/aromatic N) is 2. The summed E-state index contributed by atoms with van der Waals surface area (Å²) in [7, 11) is 0. The van der Waals surface area contributed by atoms with Crippen LogP contribution in [0.5, 0.6) is 0 Å². The Bertz CT molecular complexity index is 549. The summed E-state index contributed by atoms with van der Waals surface area (Å²) in [5, 5.41) is 20.1. The Labute approximate surface area is 121 Å². The molecule has 1 fully saturated rings. The maximum atomic E-state index is 11.1. The van der Waals surface area contributed by atoms with Crippen LogP contribution in [0.2, 0.25) is 5.02 Å². The summed E-state index contributed by atoms with van der Waals surface area (Å²) >= 11 is 6.05. The third kappa shape index (κ3) is 2.91. The monoisotopic (exact) mass is 298 g/mol. The second kappa shape index (κ2) is 5.76. The number of rotatable bonds is 4. The molecule has 1 heterocycles. The van der Waals surface area contributed by atoms with Crippen molar-refractivity contribution in [2.75, 3.05) is 6.54 Å². The van der Waals surface area contributed by atoms with Crippen molar-refractivity contribution in [1.82, 2.24) is 4.90 Å². The van der Waals surface area contributed by atoms with Crippen LogP contribution in [0.3, 0.4) is 0 Å². The van der Waals surface area contributed by atoms with Crippen LogP contribution in [-0.4, -0.2) is 33.5 Å². The van der Waals surface area contributed by atoms with Crippen molar-refractivity contribution < 1.29 is 14.8 Å². The third-order valence-electron chi connectivity index (χ3n) is 3.82. The molecular formula is C13H15ClN2O4. The standard InChI is InChI=1S/C13H15ClN2O4/c1-8-11(13(17)18)4-5-15(8)7-9-2-3-10(16(19)20)6-12(9)14/h2-3,6,8,11H,4-5,7H2,1H3,(H,17,18). The highest BCUT2D eigenvalue weighted by Crippen LogP contribution is 2.29. The predicted molar refractivity (Wildman–Crippen MR) is 73.7 cm³/mol. The van der Waals surface area contributed by atoms with Crippen LogP contribution >= 0.6 is 11.6 Å². The number of hydrogen-bond acceptors (Lipinski definition) is 4. The first kappa shape index (κ1) is 14.7. The van der Waals surface area contributed by atoms with Crippen LogP contribution in [-0.2, 0) is 11.3 Å². The Balaban J connectivity index is 2.11. The lowest BCUT2D eigenvalue weighted by molar-refractivity contribution is -0.384. The van der Waals surface area contributed by atoms with Gasteiger partial charge in [0.05, 0.1) is 15.9 Å². The topological polar surface area (TPSA) is 83.7 Å². The number of carboxylic acid groups (broad SMARTS) is 1. The van der Waals surface area contributed by atoms with Gasteiger partial charge in [-0.05, 0) is 31.5 Å². The normalized spacial score (nSPS) is 22.9. The van der Waals surface area contributed by atoms with Gasteiger partial charge < -0.3 is 5.11 Å². The molecule has 1 aliphatic rings. The summed E-state index contributed by atoms with van der Waals surface area (Å²) < 4.78 is 0. The Morgan fingerprint density at radius 3 is 2.80 bits per heavy atom. The maximum absolute atomic E-state index is 11.1. The molecule has 6 nitrogen and oxygen atoms in total. The van der Waals surface area contributed by atoms with Crippen LogP contribution < -0.4 is 0 Å². The van der Waals surface area contributed by atoms with Crippen LogP contribution in [0.15, 0.2) is 18.2 Å². The van der Waals surface area contributed by atoms with E-state index in [1.165, 1.54) is 12.1 Å². The van der Waals surface area contributed by atoms with E-state index < -0.39 is 10.9 Å². The smallest absolute Gasteiger partial charge is 0.308 e. The fourth-order valence-corrected chi connectivity index (χ4v) is 2.79. The quantitative estimate of drug-likeness (QED) is 0.682. The first-order chi connectivity index (χ1) is 9.40. The van der Waals surface area contributed by atoms with Crippen LogP contribution in [0.1, 0.15) is 18.9 Å². The molecule has 20 heavy (non-hydrogen) atoms. The number of carbonyl (C=O) groups is 1. The van der Waals surface area contributed by atoms with Gasteiger partial charge in [-0.15, -0.1) is 0 Å². The van der Waals surface area contributed by atoms with Gasteiger partial charge in [0.1, 0.15) is 0 Å². The number of nitro benzene ring substituents is 1. The molecule has 1 aromatic rings. The molecule has 0 aromatic heterocycles. The van der Waals surface area contributed by atoms with Gasteiger partial charge >= 0.3 is 5.97 Å². The Morgan fingerprint density at radius 1 is 1.60 bits per heavy atom. The van der Waals surface area contributed by atoms with Crippen LogP contribution in [0, 0.1) is 16.0 Å². The third-order valence-corrected chi connectivity index (χ3v) is 4.18. The number of carboxylic acids is 1. The molecule has 0 saturated carbocycles. The molecule has 2 unspecified atom stereocenters. The Hall–Kier alpha value is -1.66. The van der Waals surface area contributed by atoms with Gasteiger partial charge in [-0.1, -0.05) is 11.6 Å². The van der Waals surface area contributed by atoms with Gasteiger partial charge in [-0.25, -0.2) is 0 Å². The van der Waals surface area contributed by atoms with Crippen molar-refractivity contribution in [3.8, 4) is 0 Å². The molecule has 108 valence electrons. The fourth-order valence-electron chi connectivity index (χ4n) is 2.55. The van der Waals surface area contributed by atoms with E-state index >= 15 is 0 Å². The lowest BCUT2D eigenvalue weighted by Gasteiger charge is -2.23. The highest BCUT2D eigenvalue weighted by molar-refractivity contribution is 6.31. The van der Waals surface area contributed by atoms with E-state index in [0.717, 1.165) is 5.56 Å². The zero-order valence-electron chi connectivity index (χ0n) is 11.0. The van der Waals surface area contributed by atoms with Gasteiger partial charge in [0.15, 0.2) is 0 Å². The fraction of sp³-hybridized carbons (Fsp3) is 0.462. The summed E-state index contributed by atoms with van der Waals surface area (Å²) in [6.45, 7) is 3.07. The van der Waals surface area contributed by atoms with Gasteiger partial charge in [-0.2, -0.15) is 0 Å². The number of hydrogen-bond donors (Lipinski definition) is 1. The van der Waals surface area contributed by atoms with Crippen molar-refractivity contribution >= 4 is 23.3 Å². The zero-order valence-corrected chi connectivity index (χ0v) is 11.7. The SMILES string of the molecule is CC1C(C(=O)O)CCN1Cc1ccc([N+](=O)[O-])cc1Cl. The van der Waals surface area contributed by atoms with E-state index in [1.807, 2.05) is 11.8 Å². The van der Waals surface area contributed by atoms with Gasteiger partial charge in [0, 0.05) is 24.7 Å². The van der Waals surface area contributed by atoms with E-state index in [0.29, 0.717) is 24.5 Å². The minimum atomic E-state index is -0.783. The number of aliphatic carboxylic acids is 1. The van der Waals surface area contributed by atoms with E-state index in [-0.39, 0.29) is 17.6 Å². The molecule has 0 spiro atoms. The van der Waals surface area contributed by atoms with E-state index in [9.17, 15) is 14.9 Å². The lowest BCUT2D eigenvalue weighted by Crippen LogP contribution is -2.32. The summed E-state index contributed by atoms with van der Waals surface area (Å²) in [5.41, 5.74) is 0.729. The average Bonchev–Trinajstić information content (AvgIpc) is 2.73. The molecular weight excluding hydrogens is 284 g/mol. The second-order valence-electron chi connectivity index (χ2n) is 4.98. The molecule has 1 aromatic carbocycles. The van der Waals surface area contributed by atoms with Crippen LogP contribution in [0.4, 0.5) is 5.69 Å². The molecule has 1 N–H and O–H groups in total. The molecule has 1 aliphatic heterocycles. The molecule has 0 amide bonds. The first-order valence-corrected chi connectivity index (χ1v) is 6.67. The number of nitro groups is 1. The van der Waals surface area contributed by atoms with Gasteiger partial charge in [0.25, 0.3) is 5.69 Å². The van der Waals surface area contributed by atoms with Crippen molar-refractivity contribution in [3.05, 3.63) is 38.9 Å². The second-order valence-corrected chi connectivity index (χ2v) is 5.38. The minimum Gasteiger partial charge on any atom is -0.481 e. The maximum Gasteiger partial charge on any atom is 0.308 e. The number of benzene rings is 1. The van der Waals surface area contributed by atoms with Gasteiger partial charge in [-0.3, -0.25) is 19.8 Å². The average molecular weight is 299 g/mol. The number of halogens is 1. The molecule has 0 radical (unpaired) electrons. The Morgan fingerprint density at radius 2 is 2.30 bits per heavy atom. The molecule has 2 atom stereocenters. The summed E-state index contributed by atoms with van der Waals surface area (Å²) in [6.07, 6.45) is 0.612. The molecule has 7 heteroatoms. The molecule has 2 rings (SSSR count). The highest BCUT2D eigenvalue weighted by atomic mass is 35.5. The first-order valence-electron chi connectivity index (χ1n) is 6.30. The van der Waals surface area contributed by atoms with Crippen molar-refractivity contribution in [3.63, 3.8) is 0 Å². The molecule has 0 bridgehead atoms. The lowest BCUT2D eigenvalue weighted by atomic mass is 10.0. The van der Waals surface area contributed by atoms with Gasteiger partial charge in [0.2, 0.25) is 0 Å². The highest BCUT2D eigenvalue weighted by Gasteiger charge is 2.35. The predicted octanol–water partition coefficient (Wildman–Crippen LogP) is 2.54. The minimum absolute atomic E-state index is 0.0448. The van der Waals surface area contributed by atoms with Crippen LogP contribution in [0.25, 0.3) is 0 Å². The number of non-ortho nitro benzene ring substituents is 1. The Kier molecular flexibility index (Phi) is 4.25. The zero-order chi connectivity index (χ0) is 14.9. The summed E-state index contributed by atoms with van der Waals surface area (Å²) in [4.78, 5) is 23.3. The number of likely N-dealkylation sites (tertiary alicyclic amines) is 1.